The molecule has 2 heteroatoms. The van der Waals surface area contributed by atoms with Crippen molar-refractivity contribution in [2.24, 2.45) is 0 Å². The number of fused-ring (bicyclic) bond motifs is 1. The topological polar surface area (TPSA) is 40.5 Å². The van der Waals surface area contributed by atoms with Crippen LogP contribution in [0, 0.1) is 6.92 Å². The summed E-state index contributed by atoms with van der Waals surface area (Å²) in [5.41, 5.74) is 4.46. The van der Waals surface area contributed by atoms with Crippen LogP contribution in [0.2, 0.25) is 0 Å². The highest BCUT2D eigenvalue weighted by Crippen LogP contribution is 2.60. The van der Waals surface area contributed by atoms with Crippen LogP contribution in [0.4, 0.5) is 0 Å². The van der Waals surface area contributed by atoms with Gasteiger partial charge in [0.2, 0.25) is 0 Å². The lowest BCUT2D eigenvalue weighted by atomic mass is 10.1. The summed E-state index contributed by atoms with van der Waals surface area (Å²) in [6.45, 7) is 2.02. The SMILES string of the molecule is Cc1ccc(-c2c(O)cc3c(O)c2-3)cc1. The van der Waals surface area contributed by atoms with E-state index in [1.165, 1.54) is 5.56 Å². The Morgan fingerprint density at radius 3 is 2.20 bits per heavy atom. The molecule has 0 bridgehead atoms. The van der Waals surface area contributed by atoms with Crippen LogP contribution in [0.3, 0.4) is 0 Å². The third-order valence-electron chi connectivity index (χ3n) is 2.83. The van der Waals surface area contributed by atoms with Crippen molar-refractivity contribution in [1.82, 2.24) is 0 Å². The molecule has 0 amide bonds. The Morgan fingerprint density at radius 1 is 0.933 bits per heavy atom. The Bertz CT molecular complexity index is 554. The van der Waals surface area contributed by atoms with Crippen LogP contribution in [0.5, 0.6) is 11.5 Å². The molecule has 1 aromatic rings. The lowest BCUT2D eigenvalue weighted by molar-refractivity contribution is 0.475. The van der Waals surface area contributed by atoms with Crippen molar-refractivity contribution >= 4 is 0 Å². The maximum atomic E-state index is 9.69. The highest BCUT2D eigenvalue weighted by molar-refractivity contribution is 6.08. The van der Waals surface area contributed by atoms with Crippen molar-refractivity contribution < 1.29 is 10.2 Å². The lowest BCUT2D eigenvalue weighted by Crippen LogP contribution is -1.76. The molecule has 0 spiro atoms. The molecule has 2 aliphatic carbocycles. The van der Waals surface area contributed by atoms with Gasteiger partial charge in [0.25, 0.3) is 0 Å². The molecule has 0 heterocycles. The van der Waals surface area contributed by atoms with Crippen LogP contribution in [-0.2, 0) is 0 Å². The van der Waals surface area contributed by atoms with Gasteiger partial charge in [-0.25, -0.2) is 0 Å². The molecule has 0 saturated carbocycles. The lowest BCUT2D eigenvalue weighted by Gasteiger charge is -2.01. The monoisotopic (exact) mass is 198 g/mol. The van der Waals surface area contributed by atoms with Crippen LogP contribution in [0.1, 0.15) is 5.56 Å². The number of aryl methyl sites for hydroxylation is 1. The fraction of sp³-hybridized carbons (Fsp3) is 0.0769. The zero-order valence-corrected chi connectivity index (χ0v) is 8.28. The summed E-state index contributed by atoms with van der Waals surface area (Å²) in [4.78, 5) is 0. The molecule has 0 atom stereocenters. The summed E-state index contributed by atoms with van der Waals surface area (Å²) in [5.74, 6) is 0.574. The molecule has 2 nitrogen and oxygen atoms in total. The molecular weight excluding hydrogens is 188 g/mol. The summed E-state index contributed by atoms with van der Waals surface area (Å²) >= 11 is 0. The minimum atomic E-state index is 0.252. The standard InChI is InChI=1S/C13H10O2/c1-7-2-4-8(5-3-7)11-10(14)6-9-12(11)13(9)15/h2-6,14-15H,1H3. The summed E-state index contributed by atoms with van der Waals surface area (Å²) in [7, 11) is 0. The van der Waals surface area contributed by atoms with Gasteiger partial charge in [-0.15, -0.1) is 0 Å². The van der Waals surface area contributed by atoms with Crippen LogP contribution < -0.4 is 0 Å². The van der Waals surface area contributed by atoms with Gasteiger partial charge in [0.05, 0.1) is 0 Å². The van der Waals surface area contributed by atoms with Crippen molar-refractivity contribution in [3.05, 3.63) is 35.9 Å². The van der Waals surface area contributed by atoms with Crippen molar-refractivity contribution in [3.63, 3.8) is 0 Å². The normalized spacial score (nSPS) is 11.5. The first-order chi connectivity index (χ1) is 7.18. The smallest absolute Gasteiger partial charge is 0.132 e. The van der Waals surface area contributed by atoms with E-state index in [4.69, 9.17) is 0 Å². The number of phenolic OH excluding ortho intramolecular Hbond substituents is 2. The first-order valence-electron chi connectivity index (χ1n) is 4.85. The van der Waals surface area contributed by atoms with Crippen LogP contribution in [0.15, 0.2) is 30.3 Å². The van der Waals surface area contributed by atoms with E-state index in [9.17, 15) is 10.2 Å². The van der Waals surface area contributed by atoms with Gasteiger partial charge < -0.3 is 10.2 Å². The predicted molar refractivity (Wildman–Crippen MR) is 58.9 cm³/mol. The second-order valence-corrected chi connectivity index (χ2v) is 3.91. The van der Waals surface area contributed by atoms with Crippen molar-refractivity contribution in [2.75, 3.05) is 0 Å². The molecule has 0 radical (unpaired) electrons. The molecule has 0 aliphatic heterocycles. The number of phenols is 2. The fourth-order valence-corrected chi connectivity index (χ4v) is 1.93. The molecule has 0 fully saturated rings. The number of hydrogen-bond donors (Lipinski definition) is 2. The number of rotatable bonds is 1. The third kappa shape index (κ3) is 1.05. The molecule has 0 saturated heterocycles. The van der Waals surface area contributed by atoms with Gasteiger partial charge in [0, 0.05) is 16.7 Å². The fourth-order valence-electron chi connectivity index (χ4n) is 1.93. The minimum Gasteiger partial charge on any atom is -0.507 e. The highest BCUT2D eigenvalue weighted by Gasteiger charge is 2.32. The Kier molecular flexibility index (Phi) is 1.41. The Balaban J connectivity index is 2.17. The second kappa shape index (κ2) is 2.54. The van der Waals surface area contributed by atoms with Gasteiger partial charge >= 0.3 is 0 Å². The molecule has 74 valence electrons. The number of aromatic hydroxyl groups is 2. The molecular formula is C13H10O2. The molecule has 3 rings (SSSR count). The van der Waals surface area contributed by atoms with E-state index < -0.39 is 0 Å². The van der Waals surface area contributed by atoms with Gasteiger partial charge in [-0.1, -0.05) is 29.8 Å². The zero-order valence-electron chi connectivity index (χ0n) is 8.28. The van der Waals surface area contributed by atoms with E-state index in [1.54, 1.807) is 6.07 Å². The quantitative estimate of drug-likeness (QED) is 0.590. The molecule has 0 aromatic heterocycles. The van der Waals surface area contributed by atoms with E-state index in [2.05, 4.69) is 0 Å². The van der Waals surface area contributed by atoms with E-state index >= 15 is 0 Å². The predicted octanol–water partition coefficient (Wildman–Crippen LogP) is 3.05. The van der Waals surface area contributed by atoms with Crippen molar-refractivity contribution in [3.8, 4) is 33.8 Å². The van der Waals surface area contributed by atoms with E-state index in [0.29, 0.717) is 5.75 Å². The maximum absolute atomic E-state index is 9.69. The maximum Gasteiger partial charge on any atom is 0.132 e. The Morgan fingerprint density at radius 2 is 1.60 bits per heavy atom. The van der Waals surface area contributed by atoms with Crippen LogP contribution in [-0.4, -0.2) is 10.2 Å². The first kappa shape index (κ1) is 8.36. The zero-order chi connectivity index (χ0) is 10.6. The Hall–Kier alpha value is -1.96. The summed E-state index contributed by atoms with van der Waals surface area (Å²) in [6, 6.07) is 9.51. The van der Waals surface area contributed by atoms with Gasteiger partial charge in [0.1, 0.15) is 11.5 Å². The summed E-state index contributed by atoms with van der Waals surface area (Å²) in [5, 5.41) is 19.1. The average Bonchev–Trinajstić information content (AvgIpc) is 2.70. The van der Waals surface area contributed by atoms with Gasteiger partial charge in [-0.2, -0.15) is 0 Å². The van der Waals surface area contributed by atoms with Crippen LogP contribution >= 0.6 is 0 Å². The van der Waals surface area contributed by atoms with Gasteiger partial charge in [-0.3, -0.25) is 0 Å². The third-order valence-corrected chi connectivity index (χ3v) is 2.83. The first-order valence-corrected chi connectivity index (χ1v) is 4.85. The number of benzene rings is 2. The number of hydrogen-bond acceptors (Lipinski definition) is 2. The van der Waals surface area contributed by atoms with Crippen molar-refractivity contribution in [2.45, 2.75) is 6.92 Å². The van der Waals surface area contributed by atoms with Gasteiger partial charge in [0.15, 0.2) is 0 Å². The largest absolute Gasteiger partial charge is 0.507 e. The van der Waals surface area contributed by atoms with E-state index in [-0.39, 0.29) is 5.75 Å². The molecule has 1 aromatic carbocycles. The minimum absolute atomic E-state index is 0.252. The average molecular weight is 198 g/mol. The molecule has 2 N–H and O–H groups in total. The molecule has 15 heavy (non-hydrogen) atoms. The summed E-state index contributed by atoms with van der Waals surface area (Å²) in [6.07, 6.45) is 0. The molecule has 2 aliphatic rings. The van der Waals surface area contributed by atoms with E-state index in [0.717, 1.165) is 22.3 Å². The van der Waals surface area contributed by atoms with Crippen molar-refractivity contribution in [1.29, 1.82) is 0 Å². The Labute approximate surface area is 87.4 Å². The molecule has 0 unspecified atom stereocenters. The van der Waals surface area contributed by atoms with Crippen LogP contribution in [0.25, 0.3) is 22.3 Å². The van der Waals surface area contributed by atoms with Gasteiger partial charge in [-0.05, 0) is 18.6 Å². The van der Waals surface area contributed by atoms with E-state index in [1.807, 2.05) is 31.2 Å². The second-order valence-electron chi connectivity index (χ2n) is 3.91. The summed E-state index contributed by atoms with van der Waals surface area (Å²) < 4.78 is 0. The highest BCUT2D eigenvalue weighted by atomic mass is 16.3.